The highest BCUT2D eigenvalue weighted by Crippen LogP contribution is 2.05. The molecule has 6 nitrogen and oxygen atoms in total. The van der Waals surface area contributed by atoms with Gasteiger partial charge in [-0.05, 0) is 24.0 Å². The SMILES string of the molecule is CC(CCC(=O)O)CNC(=O)N(C)Cc1cccnc1. The Kier molecular flexibility index (Phi) is 6.49. The largest absolute Gasteiger partial charge is 0.481 e. The molecule has 6 heteroatoms. The van der Waals surface area contributed by atoms with Crippen molar-refractivity contribution >= 4 is 12.0 Å². The van der Waals surface area contributed by atoms with Crippen molar-refractivity contribution in [2.75, 3.05) is 13.6 Å². The Balaban J connectivity index is 2.29. The van der Waals surface area contributed by atoms with Crippen molar-refractivity contribution in [3.05, 3.63) is 30.1 Å². The number of pyridine rings is 1. The summed E-state index contributed by atoms with van der Waals surface area (Å²) in [4.78, 5) is 27.9. The molecule has 0 radical (unpaired) electrons. The smallest absolute Gasteiger partial charge is 0.317 e. The maximum absolute atomic E-state index is 11.9. The zero-order valence-electron chi connectivity index (χ0n) is 11.9. The molecule has 1 heterocycles. The zero-order valence-corrected chi connectivity index (χ0v) is 11.9. The van der Waals surface area contributed by atoms with Gasteiger partial charge in [-0.3, -0.25) is 9.78 Å². The van der Waals surface area contributed by atoms with Crippen LogP contribution in [0, 0.1) is 5.92 Å². The van der Waals surface area contributed by atoms with E-state index in [2.05, 4.69) is 10.3 Å². The predicted molar refractivity (Wildman–Crippen MR) is 75.1 cm³/mol. The Morgan fingerprint density at radius 2 is 2.25 bits per heavy atom. The number of hydrogen-bond acceptors (Lipinski definition) is 3. The molecule has 0 aliphatic rings. The topological polar surface area (TPSA) is 82.5 Å². The quantitative estimate of drug-likeness (QED) is 0.796. The summed E-state index contributed by atoms with van der Waals surface area (Å²) in [6.07, 6.45) is 4.09. The lowest BCUT2D eigenvalue weighted by Gasteiger charge is -2.19. The van der Waals surface area contributed by atoms with Crippen molar-refractivity contribution in [1.29, 1.82) is 0 Å². The number of aromatic nitrogens is 1. The van der Waals surface area contributed by atoms with Gasteiger partial charge in [-0.15, -0.1) is 0 Å². The molecular weight excluding hydrogens is 258 g/mol. The van der Waals surface area contributed by atoms with Gasteiger partial charge in [0.1, 0.15) is 0 Å². The molecule has 0 aromatic carbocycles. The van der Waals surface area contributed by atoms with Crippen LogP contribution in [0.4, 0.5) is 4.79 Å². The molecule has 0 aliphatic heterocycles. The van der Waals surface area contributed by atoms with E-state index in [4.69, 9.17) is 5.11 Å². The van der Waals surface area contributed by atoms with Gasteiger partial charge in [0.15, 0.2) is 0 Å². The van der Waals surface area contributed by atoms with Crippen molar-refractivity contribution < 1.29 is 14.7 Å². The Hall–Kier alpha value is -2.11. The third-order valence-corrected chi connectivity index (χ3v) is 2.94. The average Bonchev–Trinajstić information content (AvgIpc) is 2.43. The van der Waals surface area contributed by atoms with Gasteiger partial charge in [-0.2, -0.15) is 0 Å². The van der Waals surface area contributed by atoms with E-state index >= 15 is 0 Å². The first kappa shape index (κ1) is 15.9. The van der Waals surface area contributed by atoms with E-state index < -0.39 is 5.97 Å². The number of aliphatic carboxylic acids is 1. The predicted octanol–water partition coefficient (Wildman–Crippen LogP) is 1.72. The molecule has 0 bridgehead atoms. The van der Waals surface area contributed by atoms with Crippen LogP contribution in [0.5, 0.6) is 0 Å². The number of nitrogens with zero attached hydrogens (tertiary/aromatic N) is 2. The molecule has 0 spiro atoms. The first-order valence-electron chi connectivity index (χ1n) is 6.58. The Labute approximate surface area is 118 Å². The van der Waals surface area contributed by atoms with Crippen LogP contribution in [0.1, 0.15) is 25.3 Å². The van der Waals surface area contributed by atoms with Crippen LogP contribution in [-0.4, -0.2) is 40.6 Å². The fraction of sp³-hybridized carbons (Fsp3) is 0.500. The summed E-state index contributed by atoms with van der Waals surface area (Å²) in [5.74, 6) is -0.668. The lowest BCUT2D eigenvalue weighted by atomic mass is 10.1. The summed E-state index contributed by atoms with van der Waals surface area (Å²) < 4.78 is 0. The highest BCUT2D eigenvalue weighted by Gasteiger charge is 2.11. The van der Waals surface area contributed by atoms with Gasteiger partial charge in [-0.1, -0.05) is 13.0 Å². The lowest BCUT2D eigenvalue weighted by molar-refractivity contribution is -0.137. The Morgan fingerprint density at radius 3 is 2.85 bits per heavy atom. The molecule has 0 saturated heterocycles. The second kappa shape index (κ2) is 8.14. The highest BCUT2D eigenvalue weighted by molar-refractivity contribution is 5.73. The van der Waals surface area contributed by atoms with Crippen LogP contribution >= 0.6 is 0 Å². The molecule has 1 rings (SSSR count). The number of nitrogens with one attached hydrogen (secondary N) is 1. The van der Waals surface area contributed by atoms with Crippen LogP contribution in [-0.2, 0) is 11.3 Å². The number of carbonyl (C=O) groups is 2. The fourth-order valence-electron chi connectivity index (χ4n) is 1.71. The number of carbonyl (C=O) groups excluding carboxylic acids is 1. The molecule has 2 N–H and O–H groups in total. The second-order valence-corrected chi connectivity index (χ2v) is 4.94. The summed E-state index contributed by atoms with van der Waals surface area (Å²) in [6, 6.07) is 3.57. The van der Waals surface area contributed by atoms with Crippen LogP contribution in [0.3, 0.4) is 0 Å². The summed E-state index contributed by atoms with van der Waals surface area (Å²) in [7, 11) is 1.71. The van der Waals surface area contributed by atoms with Gasteiger partial charge < -0.3 is 15.3 Å². The van der Waals surface area contributed by atoms with Crippen LogP contribution in [0.15, 0.2) is 24.5 Å². The van der Waals surface area contributed by atoms with Gasteiger partial charge in [0.2, 0.25) is 0 Å². The number of hydrogen-bond donors (Lipinski definition) is 2. The van der Waals surface area contributed by atoms with E-state index in [9.17, 15) is 9.59 Å². The minimum atomic E-state index is -0.808. The number of amides is 2. The third kappa shape index (κ3) is 6.17. The number of urea groups is 1. The summed E-state index contributed by atoms with van der Waals surface area (Å²) in [5, 5.41) is 11.4. The zero-order chi connectivity index (χ0) is 15.0. The number of carboxylic acids is 1. The minimum absolute atomic E-state index is 0.128. The van der Waals surface area contributed by atoms with E-state index in [0.717, 1.165) is 5.56 Å². The first-order chi connectivity index (χ1) is 9.49. The van der Waals surface area contributed by atoms with E-state index in [1.54, 1.807) is 24.3 Å². The van der Waals surface area contributed by atoms with E-state index in [1.807, 2.05) is 19.1 Å². The van der Waals surface area contributed by atoms with Gasteiger partial charge in [0.05, 0.1) is 0 Å². The molecule has 0 saturated carbocycles. The summed E-state index contributed by atoms with van der Waals surface area (Å²) in [6.45, 7) is 2.89. The van der Waals surface area contributed by atoms with Gasteiger partial charge in [0.25, 0.3) is 0 Å². The molecule has 2 amide bonds. The van der Waals surface area contributed by atoms with Crippen molar-refractivity contribution in [1.82, 2.24) is 15.2 Å². The van der Waals surface area contributed by atoms with Crippen molar-refractivity contribution in [3.63, 3.8) is 0 Å². The standard InChI is InChI=1S/C14H21N3O3/c1-11(5-6-13(18)19)8-16-14(20)17(2)10-12-4-3-7-15-9-12/h3-4,7,9,11H,5-6,8,10H2,1-2H3,(H,16,20)(H,18,19). The fourth-order valence-corrected chi connectivity index (χ4v) is 1.71. The molecule has 20 heavy (non-hydrogen) atoms. The lowest BCUT2D eigenvalue weighted by Crippen LogP contribution is -2.38. The van der Waals surface area contributed by atoms with Crippen LogP contribution in [0.25, 0.3) is 0 Å². The molecule has 1 aromatic rings. The molecule has 1 atom stereocenters. The van der Waals surface area contributed by atoms with Gasteiger partial charge in [-0.25, -0.2) is 4.79 Å². The van der Waals surface area contributed by atoms with Crippen LogP contribution in [0.2, 0.25) is 0 Å². The molecule has 1 aromatic heterocycles. The summed E-state index contributed by atoms with van der Waals surface area (Å²) >= 11 is 0. The third-order valence-electron chi connectivity index (χ3n) is 2.94. The molecule has 0 aliphatic carbocycles. The summed E-state index contributed by atoms with van der Waals surface area (Å²) in [5.41, 5.74) is 0.962. The van der Waals surface area contributed by atoms with E-state index in [1.165, 1.54) is 0 Å². The maximum Gasteiger partial charge on any atom is 0.317 e. The van der Waals surface area contributed by atoms with Crippen molar-refractivity contribution in [2.45, 2.75) is 26.3 Å². The maximum atomic E-state index is 11.9. The minimum Gasteiger partial charge on any atom is -0.481 e. The Bertz CT molecular complexity index is 437. The molecule has 1 unspecified atom stereocenters. The normalized spacial score (nSPS) is 11.7. The van der Waals surface area contributed by atoms with E-state index in [-0.39, 0.29) is 18.4 Å². The second-order valence-electron chi connectivity index (χ2n) is 4.94. The molecule has 110 valence electrons. The average molecular weight is 279 g/mol. The first-order valence-corrected chi connectivity index (χ1v) is 6.58. The molecule has 0 fully saturated rings. The number of carboxylic acid groups (broad SMARTS) is 1. The van der Waals surface area contributed by atoms with Gasteiger partial charge in [0, 0.05) is 39.0 Å². The van der Waals surface area contributed by atoms with Gasteiger partial charge >= 0.3 is 12.0 Å². The number of rotatable bonds is 7. The monoisotopic (exact) mass is 279 g/mol. The van der Waals surface area contributed by atoms with E-state index in [0.29, 0.717) is 19.5 Å². The Morgan fingerprint density at radius 1 is 1.50 bits per heavy atom. The van der Waals surface area contributed by atoms with Crippen molar-refractivity contribution in [2.24, 2.45) is 5.92 Å². The molecular formula is C14H21N3O3. The van der Waals surface area contributed by atoms with Crippen LogP contribution < -0.4 is 5.32 Å². The van der Waals surface area contributed by atoms with Crippen molar-refractivity contribution in [3.8, 4) is 0 Å². The highest BCUT2D eigenvalue weighted by atomic mass is 16.4.